The van der Waals surface area contributed by atoms with Crippen LogP contribution in [-0.4, -0.2) is 47.3 Å². The van der Waals surface area contributed by atoms with Crippen molar-refractivity contribution in [2.45, 2.75) is 6.04 Å². The molecule has 16 heavy (non-hydrogen) atoms. The van der Waals surface area contributed by atoms with Gasteiger partial charge in [0, 0.05) is 26.7 Å². The molecule has 1 aromatic rings. The summed E-state index contributed by atoms with van der Waals surface area (Å²) in [5.74, 6) is 0. The zero-order valence-corrected chi connectivity index (χ0v) is 10.2. The van der Waals surface area contributed by atoms with E-state index in [0.717, 1.165) is 32.0 Å². The fourth-order valence-electron chi connectivity index (χ4n) is 1.98. The van der Waals surface area contributed by atoms with Gasteiger partial charge in [-0.25, -0.2) is 4.98 Å². The van der Waals surface area contributed by atoms with Crippen molar-refractivity contribution in [1.82, 2.24) is 14.5 Å². The van der Waals surface area contributed by atoms with Crippen molar-refractivity contribution in [2.24, 2.45) is 12.8 Å². The number of nitrogens with two attached hydrogens (primary N) is 1. The third-order valence-corrected chi connectivity index (χ3v) is 3.38. The first-order valence-corrected chi connectivity index (χ1v) is 5.80. The van der Waals surface area contributed by atoms with Crippen LogP contribution in [0.5, 0.6) is 0 Å². The minimum atomic E-state index is 0.0950. The normalized spacial score (nSPS) is 19.9. The molecule has 5 nitrogen and oxygen atoms in total. The third kappa shape index (κ3) is 2.22. The van der Waals surface area contributed by atoms with E-state index in [1.54, 1.807) is 10.9 Å². The highest BCUT2D eigenvalue weighted by atomic mass is 35.5. The first-order chi connectivity index (χ1) is 7.74. The number of nitrogens with zero attached hydrogens (tertiary/aromatic N) is 3. The van der Waals surface area contributed by atoms with Crippen molar-refractivity contribution < 1.29 is 4.74 Å². The molecule has 1 fully saturated rings. The number of ether oxygens (including phenoxy) is 1. The summed E-state index contributed by atoms with van der Waals surface area (Å²) in [5, 5.41) is 0.668. The Morgan fingerprint density at radius 1 is 1.56 bits per heavy atom. The molecule has 0 aliphatic carbocycles. The molecule has 1 aliphatic heterocycles. The summed E-state index contributed by atoms with van der Waals surface area (Å²) in [7, 11) is 1.88. The van der Waals surface area contributed by atoms with Gasteiger partial charge in [-0.2, -0.15) is 0 Å². The van der Waals surface area contributed by atoms with Crippen molar-refractivity contribution in [1.29, 1.82) is 0 Å². The fourth-order valence-corrected chi connectivity index (χ4v) is 2.20. The summed E-state index contributed by atoms with van der Waals surface area (Å²) in [4.78, 5) is 6.61. The molecule has 0 aromatic carbocycles. The van der Waals surface area contributed by atoms with Crippen LogP contribution in [0.2, 0.25) is 5.15 Å². The molecule has 1 aliphatic rings. The second-order valence-corrected chi connectivity index (χ2v) is 4.29. The quantitative estimate of drug-likeness (QED) is 0.837. The van der Waals surface area contributed by atoms with Gasteiger partial charge in [0.2, 0.25) is 0 Å². The van der Waals surface area contributed by atoms with Crippen LogP contribution < -0.4 is 5.73 Å². The van der Waals surface area contributed by atoms with Crippen molar-refractivity contribution in [2.75, 3.05) is 32.8 Å². The van der Waals surface area contributed by atoms with Crippen LogP contribution in [0.4, 0.5) is 0 Å². The topological polar surface area (TPSA) is 56.3 Å². The maximum absolute atomic E-state index is 6.19. The summed E-state index contributed by atoms with van der Waals surface area (Å²) in [6.45, 7) is 3.79. The maximum Gasteiger partial charge on any atom is 0.133 e. The molecule has 0 spiro atoms. The number of hydrogen-bond donors (Lipinski definition) is 1. The van der Waals surface area contributed by atoms with Crippen LogP contribution in [-0.2, 0) is 11.8 Å². The van der Waals surface area contributed by atoms with Gasteiger partial charge < -0.3 is 15.0 Å². The summed E-state index contributed by atoms with van der Waals surface area (Å²) in [5.41, 5.74) is 6.69. The lowest BCUT2D eigenvalue weighted by Gasteiger charge is -2.32. The zero-order valence-electron chi connectivity index (χ0n) is 9.40. The molecule has 2 N–H and O–H groups in total. The lowest BCUT2D eigenvalue weighted by atomic mass is 10.1. The lowest BCUT2D eigenvalue weighted by Crippen LogP contribution is -2.42. The Morgan fingerprint density at radius 2 is 2.25 bits per heavy atom. The Bertz CT molecular complexity index is 349. The standard InChI is InChI=1S/C10H17ClN4O/c1-14-7-13-9(10(14)11)8(6-12)15-2-4-16-5-3-15/h7-8H,2-6,12H2,1H3. The SMILES string of the molecule is Cn1cnc(C(CN)N2CCOCC2)c1Cl. The molecule has 2 heterocycles. The van der Waals surface area contributed by atoms with Crippen LogP contribution >= 0.6 is 11.6 Å². The second kappa shape index (κ2) is 5.14. The average Bonchev–Trinajstić information content (AvgIpc) is 2.64. The Hall–Kier alpha value is -0.620. The molecule has 1 saturated heterocycles. The van der Waals surface area contributed by atoms with Crippen LogP contribution in [0.3, 0.4) is 0 Å². The summed E-state index contributed by atoms with van der Waals surface area (Å²) in [6.07, 6.45) is 1.72. The molecule has 1 aromatic heterocycles. The molecule has 0 bridgehead atoms. The zero-order chi connectivity index (χ0) is 11.5. The van der Waals surface area contributed by atoms with E-state index in [9.17, 15) is 0 Å². The Kier molecular flexibility index (Phi) is 3.81. The van der Waals surface area contributed by atoms with Crippen LogP contribution in [0.15, 0.2) is 6.33 Å². The van der Waals surface area contributed by atoms with Gasteiger partial charge in [-0.3, -0.25) is 4.90 Å². The summed E-state index contributed by atoms with van der Waals surface area (Å²) >= 11 is 6.19. The highest BCUT2D eigenvalue weighted by Crippen LogP contribution is 2.25. The second-order valence-electron chi connectivity index (χ2n) is 3.93. The van der Waals surface area contributed by atoms with Gasteiger partial charge in [0.1, 0.15) is 5.15 Å². The number of aromatic nitrogens is 2. The van der Waals surface area contributed by atoms with E-state index in [2.05, 4.69) is 9.88 Å². The molecular weight excluding hydrogens is 228 g/mol. The van der Waals surface area contributed by atoms with Gasteiger partial charge in [-0.1, -0.05) is 11.6 Å². The maximum atomic E-state index is 6.19. The van der Waals surface area contributed by atoms with E-state index in [-0.39, 0.29) is 6.04 Å². The Labute approximate surface area is 100 Å². The van der Waals surface area contributed by atoms with Crippen LogP contribution in [0, 0.1) is 0 Å². The van der Waals surface area contributed by atoms with Gasteiger partial charge in [0.25, 0.3) is 0 Å². The first-order valence-electron chi connectivity index (χ1n) is 5.42. The molecule has 90 valence electrons. The number of aryl methyl sites for hydroxylation is 1. The molecule has 1 unspecified atom stereocenters. The minimum absolute atomic E-state index is 0.0950. The van der Waals surface area contributed by atoms with Crippen LogP contribution in [0.1, 0.15) is 11.7 Å². The number of imidazole rings is 1. The van der Waals surface area contributed by atoms with Crippen LogP contribution in [0.25, 0.3) is 0 Å². The van der Waals surface area contributed by atoms with E-state index in [4.69, 9.17) is 22.1 Å². The van der Waals surface area contributed by atoms with Gasteiger partial charge >= 0.3 is 0 Å². The van der Waals surface area contributed by atoms with Crippen molar-refractivity contribution in [3.8, 4) is 0 Å². The van der Waals surface area contributed by atoms with Gasteiger partial charge in [-0.05, 0) is 0 Å². The highest BCUT2D eigenvalue weighted by Gasteiger charge is 2.25. The van der Waals surface area contributed by atoms with Gasteiger partial charge in [0.05, 0.1) is 31.3 Å². The Morgan fingerprint density at radius 3 is 2.75 bits per heavy atom. The van der Waals surface area contributed by atoms with Gasteiger partial charge in [0.15, 0.2) is 0 Å². The monoisotopic (exact) mass is 244 g/mol. The number of morpholine rings is 1. The fraction of sp³-hybridized carbons (Fsp3) is 0.700. The van der Waals surface area contributed by atoms with E-state index in [1.165, 1.54) is 0 Å². The third-order valence-electron chi connectivity index (χ3n) is 2.92. The van der Waals surface area contributed by atoms with E-state index >= 15 is 0 Å². The molecule has 0 saturated carbocycles. The van der Waals surface area contributed by atoms with E-state index in [0.29, 0.717) is 11.7 Å². The van der Waals surface area contributed by atoms with E-state index < -0.39 is 0 Å². The lowest BCUT2D eigenvalue weighted by molar-refractivity contribution is 0.0171. The largest absolute Gasteiger partial charge is 0.379 e. The first kappa shape index (κ1) is 11.9. The van der Waals surface area contributed by atoms with Crippen molar-refractivity contribution in [3.05, 3.63) is 17.2 Å². The van der Waals surface area contributed by atoms with Gasteiger partial charge in [-0.15, -0.1) is 0 Å². The molecule has 6 heteroatoms. The Balaban J connectivity index is 2.18. The predicted molar refractivity (Wildman–Crippen MR) is 62.4 cm³/mol. The average molecular weight is 245 g/mol. The summed E-state index contributed by atoms with van der Waals surface area (Å²) in [6, 6.07) is 0.0950. The molecule has 1 atom stereocenters. The van der Waals surface area contributed by atoms with Crippen molar-refractivity contribution in [3.63, 3.8) is 0 Å². The number of rotatable bonds is 3. The minimum Gasteiger partial charge on any atom is -0.379 e. The molecular formula is C10H17ClN4O. The smallest absolute Gasteiger partial charge is 0.133 e. The number of halogens is 1. The summed E-state index contributed by atoms with van der Waals surface area (Å²) < 4.78 is 7.13. The highest BCUT2D eigenvalue weighted by molar-refractivity contribution is 6.30. The van der Waals surface area contributed by atoms with Crippen molar-refractivity contribution >= 4 is 11.6 Å². The number of hydrogen-bond acceptors (Lipinski definition) is 4. The van der Waals surface area contributed by atoms with E-state index in [1.807, 2.05) is 7.05 Å². The molecule has 0 amide bonds. The molecule has 2 rings (SSSR count). The molecule has 0 radical (unpaired) electrons. The predicted octanol–water partition coefficient (Wildman–Crippen LogP) is 0.405.